The smallest absolute Gasteiger partial charge is 0.323 e. The Balaban J connectivity index is 1.43. The summed E-state index contributed by atoms with van der Waals surface area (Å²) in [4.78, 5) is 6.48. The summed E-state index contributed by atoms with van der Waals surface area (Å²) in [7, 11) is 0. The summed E-state index contributed by atoms with van der Waals surface area (Å²) >= 11 is 0. The van der Waals surface area contributed by atoms with Gasteiger partial charge >= 0.3 is 12.0 Å². The predicted molar refractivity (Wildman–Crippen MR) is 85.3 cm³/mol. The van der Waals surface area contributed by atoms with Gasteiger partial charge in [0, 0.05) is 13.1 Å². The van der Waals surface area contributed by atoms with Gasteiger partial charge in [0.1, 0.15) is 5.52 Å². The number of nitrogens with zero attached hydrogens (tertiary/aromatic N) is 5. The number of fused-ring (bicyclic) bond motifs is 1. The lowest BCUT2D eigenvalue weighted by molar-refractivity contribution is 0.288. The minimum atomic E-state index is 0.0914. The molecule has 0 spiro atoms. The van der Waals surface area contributed by atoms with E-state index in [1.807, 2.05) is 25.1 Å². The number of likely N-dealkylation sites (tertiary alicyclic amines) is 1. The van der Waals surface area contributed by atoms with Crippen LogP contribution in [0.4, 0.5) is 12.0 Å². The Bertz CT molecular complexity index is 909. The van der Waals surface area contributed by atoms with Crippen molar-refractivity contribution in [1.29, 1.82) is 5.26 Å². The zero-order chi connectivity index (χ0) is 16.5. The van der Waals surface area contributed by atoms with E-state index in [0.717, 1.165) is 30.6 Å². The van der Waals surface area contributed by atoms with Crippen LogP contribution in [0.15, 0.2) is 27.0 Å². The summed E-state index contributed by atoms with van der Waals surface area (Å²) in [5.74, 6) is 0.594. The van der Waals surface area contributed by atoms with Gasteiger partial charge in [-0.2, -0.15) is 10.2 Å². The molecule has 0 radical (unpaired) electrons. The van der Waals surface area contributed by atoms with Gasteiger partial charge in [-0.25, -0.2) is 0 Å². The number of nitrogens with one attached hydrogen (secondary N) is 1. The lowest BCUT2D eigenvalue weighted by Gasteiger charge is -2.10. The van der Waals surface area contributed by atoms with Gasteiger partial charge in [-0.3, -0.25) is 10.2 Å². The molecule has 24 heavy (non-hydrogen) atoms. The Morgan fingerprint density at radius 3 is 3.08 bits per heavy atom. The second-order valence-corrected chi connectivity index (χ2v) is 5.97. The topological polar surface area (TPSA) is 104 Å². The van der Waals surface area contributed by atoms with Crippen LogP contribution in [0.3, 0.4) is 0 Å². The molecular weight excluding hydrogens is 308 g/mol. The highest BCUT2D eigenvalue weighted by molar-refractivity contribution is 5.75. The molecule has 122 valence electrons. The average molecular weight is 324 g/mol. The number of hydrogen-bond donors (Lipinski definition) is 1. The van der Waals surface area contributed by atoms with Crippen LogP contribution in [0.1, 0.15) is 17.9 Å². The maximum Gasteiger partial charge on any atom is 0.323 e. The second-order valence-electron chi connectivity index (χ2n) is 5.97. The molecule has 0 amide bonds. The first-order valence-electron chi connectivity index (χ1n) is 7.78. The van der Waals surface area contributed by atoms with Crippen LogP contribution >= 0.6 is 0 Å². The van der Waals surface area contributed by atoms with Crippen molar-refractivity contribution in [1.82, 2.24) is 20.1 Å². The minimum Gasteiger partial charge on any atom is -0.423 e. The summed E-state index contributed by atoms with van der Waals surface area (Å²) in [6, 6.07) is 8.64. The minimum absolute atomic E-state index is 0.0914. The Labute approximate surface area is 138 Å². The molecule has 8 nitrogen and oxygen atoms in total. The fourth-order valence-corrected chi connectivity index (χ4v) is 2.82. The van der Waals surface area contributed by atoms with E-state index in [2.05, 4.69) is 31.5 Å². The van der Waals surface area contributed by atoms with Crippen LogP contribution in [0.25, 0.3) is 11.1 Å². The van der Waals surface area contributed by atoms with E-state index in [1.54, 1.807) is 0 Å². The zero-order valence-electron chi connectivity index (χ0n) is 13.2. The van der Waals surface area contributed by atoms with Gasteiger partial charge in [0.15, 0.2) is 5.58 Å². The molecule has 1 saturated heterocycles. The van der Waals surface area contributed by atoms with E-state index in [1.165, 1.54) is 0 Å². The van der Waals surface area contributed by atoms with E-state index < -0.39 is 0 Å². The SMILES string of the molecule is Cc1ccc2oc(Nc3nnc(CN4CCC(C#N)C4)o3)nc2c1. The molecule has 1 aliphatic heterocycles. The van der Waals surface area contributed by atoms with Crippen molar-refractivity contribution in [2.75, 3.05) is 18.4 Å². The molecule has 0 aliphatic carbocycles. The largest absolute Gasteiger partial charge is 0.423 e. The van der Waals surface area contributed by atoms with Crippen LogP contribution < -0.4 is 5.32 Å². The summed E-state index contributed by atoms with van der Waals surface area (Å²) < 4.78 is 11.2. The number of anilines is 2. The molecule has 0 saturated carbocycles. The van der Waals surface area contributed by atoms with Gasteiger partial charge in [-0.05, 0) is 31.0 Å². The summed E-state index contributed by atoms with van der Waals surface area (Å²) in [6.45, 7) is 4.15. The Hall–Kier alpha value is -2.92. The number of nitriles is 1. The van der Waals surface area contributed by atoms with Gasteiger partial charge in [0.2, 0.25) is 5.89 Å². The Kier molecular flexibility index (Phi) is 3.63. The number of aryl methyl sites for hydroxylation is 1. The molecule has 1 unspecified atom stereocenters. The maximum atomic E-state index is 8.94. The predicted octanol–water partition coefficient (Wildman–Crippen LogP) is 2.61. The van der Waals surface area contributed by atoms with Crippen LogP contribution in [0.5, 0.6) is 0 Å². The fraction of sp³-hybridized carbons (Fsp3) is 0.375. The highest BCUT2D eigenvalue weighted by Gasteiger charge is 2.23. The highest BCUT2D eigenvalue weighted by atomic mass is 16.4. The number of hydrogen-bond acceptors (Lipinski definition) is 8. The molecule has 8 heteroatoms. The summed E-state index contributed by atoms with van der Waals surface area (Å²) in [5, 5.41) is 19.8. The first-order valence-corrected chi connectivity index (χ1v) is 7.78. The molecule has 3 aromatic rings. The normalized spacial score (nSPS) is 18.1. The molecule has 1 aliphatic rings. The quantitative estimate of drug-likeness (QED) is 0.781. The molecule has 0 bridgehead atoms. The molecule has 3 heterocycles. The van der Waals surface area contributed by atoms with Gasteiger partial charge < -0.3 is 8.83 Å². The monoisotopic (exact) mass is 324 g/mol. The highest BCUT2D eigenvalue weighted by Crippen LogP contribution is 2.23. The van der Waals surface area contributed by atoms with E-state index in [-0.39, 0.29) is 11.9 Å². The van der Waals surface area contributed by atoms with Crippen molar-refractivity contribution in [2.45, 2.75) is 19.9 Å². The molecule has 4 rings (SSSR count). The van der Waals surface area contributed by atoms with Crippen molar-refractivity contribution >= 4 is 23.1 Å². The Morgan fingerprint density at radius 1 is 1.33 bits per heavy atom. The van der Waals surface area contributed by atoms with Crippen molar-refractivity contribution in [3.8, 4) is 6.07 Å². The third-order valence-corrected chi connectivity index (χ3v) is 4.04. The van der Waals surface area contributed by atoms with Gasteiger partial charge in [-0.1, -0.05) is 11.2 Å². The molecule has 1 fully saturated rings. The number of rotatable bonds is 4. The van der Waals surface area contributed by atoms with Crippen molar-refractivity contribution in [3.63, 3.8) is 0 Å². The van der Waals surface area contributed by atoms with Gasteiger partial charge in [0.25, 0.3) is 0 Å². The maximum absolute atomic E-state index is 8.94. The number of aromatic nitrogens is 3. The van der Waals surface area contributed by atoms with Crippen molar-refractivity contribution in [3.05, 3.63) is 29.7 Å². The third kappa shape index (κ3) is 2.94. The number of oxazole rings is 1. The fourth-order valence-electron chi connectivity index (χ4n) is 2.82. The van der Waals surface area contributed by atoms with Crippen LogP contribution in [0.2, 0.25) is 0 Å². The molecule has 1 N–H and O–H groups in total. The van der Waals surface area contributed by atoms with E-state index in [4.69, 9.17) is 14.1 Å². The standard InChI is InChI=1S/C16H16N6O2/c1-10-2-3-13-12(6-10)18-15(23-13)19-16-21-20-14(24-16)9-22-5-4-11(7-17)8-22/h2-3,6,11H,4-5,8-9H2,1H3,(H,18,19,21). The lowest BCUT2D eigenvalue weighted by atomic mass is 10.1. The van der Waals surface area contributed by atoms with Crippen molar-refractivity contribution in [2.24, 2.45) is 5.92 Å². The second kappa shape index (κ2) is 5.94. The van der Waals surface area contributed by atoms with Crippen molar-refractivity contribution < 1.29 is 8.83 Å². The lowest BCUT2D eigenvalue weighted by Crippen LogP contribution is -2.20. The van der Waals surface area contributed by atoms with Gasteiger partial charge in [0.05, 0.1) is 18.5 Å². The molecule has 1 aromatic carbocycles. The van der Waals surface area contributed by atoms with E-state index in [0.29, 0.717) is 24.0 Å². The van der Waals surface area contributed by atoms with E-state index >= 15 is 0 Å². The Morgan fingerprint density at radius 2 is 2.25 bits per heavy atom. The molecular formula is C16H16N6O2. The number of benzene rings is 1. The van der Waals surface area contributed by atoms with Crippen LogP contribution in [-0.2, 0) is 6.54 Å². The van der Waals surface area contributed by atoms with Crippen LogP contribution in [0, 0.1) is 24.2 Å². The molecule has 2 aromatic heterocycles. The first kappa shape index (κ1) is 14.7. The van der Waals surface area contributed by atoms with Gasteiger partial charge in [-0.15, -0.1) is 5.10 Å². The average Bonchev–Trinajstić information content (AvgIpc) is 3.27. The summed E-state index contributed by atoms with van der Waals surface area (Å²) in [5.41, 5.74) is 2.59. The summed E-state index contributed by atoms with van der Waals surface area (Å²) in [6.07, 6.45) is 0.887. The molecule has 1 atom stereocenters. The third-order valence-electron chi connectivity index (χ3n) is 4.04. The van der Waals surface area contributed by atoms with E-state index in [9.17, 15) is 0 Å². The first-order chi connectivity index (χ1) is 11.7. The van der Waals surface area contributed by atoms with Crippen LogP contribution in [-0.4, -0.2) is 33.2 Å². The zero-order valence-corrected chi connectivity index (χ0v) is 13.2.